The van der Waals surface area contributed by atoms with E-state index in [9.17, 15) is 4.79 Å². The second-order valence-corrected chi connectivity index (χ2v) is 8.23. The van der Waals surface area contributed by atoms with Crippen LogP contribution in [0.15, 0.2) is 42.6 Å². The molecule has 1 saturated heterocycles. The zero-order chi connectivity index (χ0) is 19.3. The van der Waals surface area contributed by atoms with Crippen LogP contribution in [0.1, 0.15) is 60.6 Å². The minimum Gasteiger partial charge on any atom is -0.368 e. The Morgan fingerprint density at radius 2 is 1.82 bits per heavy atom. The molecule has 1 aromatic carbocycles. The lowest BCUT2D eigenvalue weighted by Crippen LogP contribution is -2.45. The maximum atomic E-state index is 12.9. The molecular formula is C24H30N2O2. The van der Waals surface area contributed by atoms with Crippen molar-refractivity contribution in [1.82, 2.24) is 9.88 Å². The molecule has 1 amide bonds. The SMILES string of the molecule is Cc1ccc(Cc2ccc([C@@H]3CN(C(=O)C4CCCCC4)CCO3)nc2)cc1. The Hall–Kier alpha value is -2.20. The number of ether oxygens (including phenoxy) is 1. The molecule has 2 aliphatic rings. The summed E-state index contributed by atoms with van der Waals surface area (Å²) >= 11 is 0. The molecular weight excluding hydrogens is 348 g/mol. The van der Waals surface area contributed by atoms with E-state index in [2.05, 4.69) is 48.3 Å². The van der Waals surface area contributed by atoms with Crippen LogP contribution < -0.4 is 0 Å². The van der Waals surface area contributed by atoms with Crippen LogP contribution in [0.25, 0.3) is 0 Å². The Morgan fingerprint density at radius 1 is 1.07 bits per heavy atom. The van der Waals surface area contributed by atoms with Gasteiger partial charge in [0.2, 0.25) is 5.91 Å². The predicted molar refractivity (Wildman–Crippen MR) is 110 cm³/mol. The number of carbonyl (C=O) groups is 1. The van der Waals surface area contributed by atoms with E-state index in [-0.39, 0.29) is 12.0 Å². The molecule has 1 atom stereocenters. The molecule has 1 aliphatic heterocycles. The van der Waals surface area contributed by atoms with Gasteiger partial charge in [-0.15, -0.1) is 0 Å². The summed E-state index contributed by atoms with van der Waals surface area (Å²) in [5.41, 5.74) is 4.68. The van der Waals surface area contributed by atoms with Gasteiger partial charge in [-0.3, -0.25) is 9.78 Å². The van der Waals surface area contributed by atoms with Crippen LogP contribution in [0, 0.1) is 12.8 Å². The zero-order valence-electron chi connectivity index (χ0n) is 16.8. The average molecular weight is 379 g/mol. The summed E-state index contributed by atoms with van der Waals surface area (Å²) in [6.45, 7) is 4.03. The lowest BCUT2D eigenvalue weighted by atomic mass is 9.88. The third-order valence-corrected chi connectivity index (χ3v) is 6.04. The number of aryl methyl sites for hydroxylation is 1. The number of nitrogens with zero attached hydrogens (tertiary/aromatic N) is 2. The van der Waals surface area contributed by atoms with Crippen LogP contribution >= 0.6 is 0 Å². The van der Waals surface area contributed by atoms with Gasteiger partial charge in [0.15, 0.2) is 0 Å². The highest BCUT2D eigenvalue weighted by atomic mass is 16.5. The van der Waals surface area contributed by atoms with Gasteiger partial charge in [0, 0.05) is 18.7 Å². The van der Waals surface area contributed by atoms with Crippen molar-refractivity contribution in [2.75, 3.05) is 19.7 Å². The van der Waals surface area contributed by atoms with Crippen LogP contribution in [-0.2, 0) is 16.0 Å². The van der Waals surface area contributed by atoms with Crippen LogP contribution in [0.2, 0.25) is 0 Å². The number of pyridine rings is 1. The molecule has 4 nitrogen and oxygen atoms in total. The minimum atomic E-state index is -0.116. The van der Waals surface area contributed by atoms with E-state index in [1.807, 2.05) is 11.1 Å². The van der Waals surface area contributed by atoms with Crippen molar-refractivity contribution in [3.63, 3.8) is 0 Å². The Bertz CT molecular complexity index is 779. The van der Waals surface area contributed by atoms with Crippen LogP contribution in [0.5, 0.6) is 0 Å². The third kappa shape index (κ3) is 4.61. The van der Waals surface area contributed by atoms with E-state index in [1.165, 1.54) is 36.0 Å². The highest BCUT2D eigenvalue weighted by Gasteiger charge is 2.31. The van der Waals surface area contributed by atoms with E-state index in [1.54, 1.807) is 0 Å². The summed E-state index contributed by atoms with van der Waals surface area (Å²) in [6.07, 6.45) is 8.46. The first-order valence-electron chi connectivity index (χ1n) is 10.6. The van der Waals surface area contributed by atoms with Crippen molar-refractivity contribution in [2.45, 2.75) is 51.6 Å². The second kappa shape index (κ2) is 8.87. The first kappa shape index (κ1) is 19.1. The lowest BCUT2D eigenvalue weighted by Gasteiger charge is -2.35. The molecule has 0 unspecified atom stereocenters. The standard InChI is InChI=1S/C24H30N2O2/c1-18-7-9-19(10-8-18)15-20-11-12-22(25-16-20)23-17-26(13-14-28-23)24(27)21-5-3-2-4-6-21/h7-12,16,21,23H,2-6,13-15,17H2,1H3/t23-/m0/s1. The number of rotatable bonds is 4. The second-order valence-electron chi connectivity index (χ2n) is 8.23. The monoisotopic (exact) mass is 378 g/mol. The summed E-state index contributed by atoms with van der Waals surface area (Å²) in [4.78, 5) is 19.5. The molecule has 0 spiro atoms. The number of hydrogen-bond acceptors (Lipinski definition) is 3. The van der Waals surface area contributed by atoms with Gasteiger partial charge in [-0.25, -0.2) is 0 Å². The fourth-order valence-corrected chi connectivity index (χ4v) is 4.31. The maximum Gasteiger partial charge on any atom is 0.225 e. The summed E-state index contributed by atoms with van der Waals surface area (Å²) in [5, 5.41) is 0. The number of amides is 1. The van der Waals surface area contributed by atoms with Gasteiger partial charge < -0.3 is 9.64 Å². The van der Waals surface area contributed by atoms with Crippen LogP contribution in [0.3, 0.4) is 0 Å². The van der Waals surface area contributed by atoms with E-state index in [4.69, 9.17) is 4.74 Å². The number of carbonyl (C=O) groups excluding carboxylic acids is 1. The first-order valence-corrected chi connectivity index (χ1v) is 10.6. The lowest BCUT2D eigenvalue weighted by molar-refractivity contribution is -0.144. The van der Waals surface area contributed by atoms with Gasteiger partial charge >= 0.3 is 0 Å². The summed E-state index contributed by atoms with van der Waals surface area (Å²) in [5.74, 6) is 0.543. The highest BCUT2D eigenvalue weighted by molar-refractivity contribution is 5.79. The number of hydrogen-bond donors (Lipinski definition) is 0. The van der Waals surface area contributed by atoms with E-state index < -0.39 is 0 Å². The van der Waals surface area contributed by atoms with E-state index in [0.29, 0.717) is 25.6 Å². The van der Waals surface area contributed by atoms with E-state index >= 15 is 0 Å². The Morgan fingerprint density at radius 3 is 2.54 bits per heavy atom. The Kier molecular flexibility index (Phi) is 6.06. The quantitative estimate of drug-likeness (QED) is 0.789. The van der Waals surface area contributed by atoms with Gasteiger partial charge in [0.25, 0.3) is 0 Å². The molecule has 4 heteroatoms. The van der Waals surface area contributed by atoms with Gasteiger partial charge in [0.1, 0.15) is 6.10 Å². The molecule has 2 heterocycles. The summed E-state index contributed by atoms with van der Waals surface area (Å²) in [7, 11) is 0. The van der Waals surface area contributed by atoms with Crippen molar-refractivity contribution in [2.24, 2.45) is 5.92 Å². The normalized spacial score (nSPS) is 20.9. The van der Waals surface area contributed by atoms with E-state index in [0.717, 1.165) is 25.0 Å². The third-order valence-electron chi connectivity index (χ3n) is 6.04. The molecule has 1 saturated carbocycles. The Labute approximate surface area is 167 Å². The fraction of sp³-hybridized carbons (Fsp3) is 0.500. The number of aromatic nitrogens is 1. The van der Waals surface area contributed by atoms with Crippen molar-refractivity contribution in [3.8, 4) is 0 Å². The smallest absolute Gasteiger partial charge is 0.225 e. The number of benzene rings is 1. The molecule has 0 N–H and O–H groups in total. The largest absolute Gasteiger partial charge is 0.368 e. The fourth-order valence-electron chi connectivity index (χ4n) is 4.31. The van der Waals surface area contributed by atoms with Crippen molar-refractivity contribution >= 4 is 5.91 Å². The average Bonchev–Trinajstić information content (AvgIpc) is 2.76. The van der Waals surface area contributed by atoms with Crippen molar-refractivity contribution < 1.29 is 9.53 Å². The molecule has 0 bridgehead atoms. The molecule has 1 aliphatic carbocycles. The molecule has 28 heavy (non-hydrogen) atoms. The van der Waals surface area contributed by atoms with Gasteiger partial charge in [-0.05, 0) is 43.4 Å². The summed E-state index contributed by atoms with van der Waals surface area (Å²) in [6, 6.07) is 12.8. The molecule has 148 valence electrons. The van der Waals surface area contributed by atoms with Gasteiger partial charge in [0.05, 0.1) is 18.8 Å². The minimum absolute atomic E-state index is 0.116. The molecule has 2 fully saturated rings. The maximum absolute atomic E-state index is 12.9. The molecule has 4 rings (SSSR count). The number of morpholine rings is 1. The summed E-state index contributed by atoms with van der Waals surface area (Å²) < 4.78 is 5.95. The highest BCUT2D eigenvalue weighted by Crippen LogP contribution is 2.28. The Balaban J connectivity index is 1.38. The van der Waals surface area contributed by atoms with Crippen molar-refractivity contribution in [3.05, 3.63) is 65.0 Å². The molecule has 0 radical (unpaired) electrons. The zero-order valence-corrected chi connectivity index (χ0v) is 16.8. The molecule has 1 aromatic heterocycles. The molecule has 2 aromatic rings. The van der Waals surface area contributed by atoms with Gasteiger partial charge in [-0.1, -0.05) is 55.2 Å². The predicted octanol–water partition coefficient (Wildman–Crippen LogP) is 4.46. The van der Waals surface area contributed by atoms with Crippen LogP contribution in [-0.4, -0.2) is 35.5 Å². The van der Waals surface area contributed by atoms with Gasteiger partial charge in [-0.2, -0.15) is 0 Å². The van der Waals surface area contributed by atoms with Crippen LogP contribution in [0.4, 0.5) is 0 Å². The topological polar surface area (TPSA) is 42.4 Å². The first-order chi connectivity index (χ1) is 13.7. The van der Waals surface area contributed by atoms with Crippen molar-refractivity contribution in [1.29, 1.82) is 0 Å².